The van der Waals surface area contributed by atoms with Crippen LogP contribution in [-0.4, -0.2) is 56.4 Å². The highest BCUT2D eigenvalue weighted by Gasteiger charge is 2.21. The van der Waals surface area contributed by atoms with E-state index in [2.05, 4.69) is 58.4 Å². The first-order valence-corrected chi connectivity index (χ1v) is 10.3. The van der Waals surface area contributed by atoms with Gasteiger partial charge in [0.25, 0.3) is 0 Å². The minimum atomic E-state index is 0.297. The molecular weight excluding hydrogens is 338 g/mol. The Morgan fingerprint density at radius 3 is 2.67 bits per heavy atom. The summed E-state index contributed by atoms with van der Waals surface area (Å²) in [6.45, 7) is 12.2. The number of aromatic nitrogens is 1. The van der Waals surface area contributed by atoms with Gasteiger partial charge in [0.15, 0.2) is 5.96 Å². The highest BCUT2D eigenvalue weighted by molar-refractivity contribution is 5.79. The Morgan fingerprint density at radius 1 is 1.33 bits per heavy atom. The topological polar surface area (TPSA) is 61.8 Å². The monoisotopic (exact) mass is 375 g/mol. The molecule has 6 nitrogen and oxygen atoms in total. The second kappa shape index (κ2) is 11.1. The molecule has 6 heteroatoms. The van der Waals surface area contributed by atoms with Crippen LogP contribution in [0, 0.1) is 12.8 Å². The van der Waals surface area contributed by atoms with Crippen molar-refractivity contribution in [1.29, 1.82) is 0 Å². The number of hydrogen-bond acceptors (Lipinski definition) is 4. The maximum atomic E-state index is 5.82. The fraction of sp³-hybridized carbons (Fsp3) is 0.714. The largest absolute Gasteiger partial charge is 0.378 e. The van der Waals surface area contributed by atoms with Crippen LogP contribution in [0.2, 0.25) is 0 Å². The van der Waals surface area contributed by atoms with Gasteiger partial charge in [0, 0.05) is 45.0 Å². The summed E-state index contributed by atoms with van der Waals surface area (Å²) < 4.78 is 5.82. The van der Waals surface area contributed by atoms with Gasteiger partial charge in [-0.15, -0.1) is 0 Å². The van der Waals surface area contributed by atoms with Crippen molar-refractivity contribution in [3.05, 3.63) is 23.9 Å². The van der Waals surface area contributed by atoms with Crippen molar-refractivity contribution in [2.45, 2.75) is 59.1 Å². The second-order valence-corrected chi connectivity index (χ2v) is 7.57. The van der Waals surface area contributed by atoms with E-state index in [0.717, 1.165) is 63.0 Å². The van der Waals surface area contributed by atoms with E-state index in [1.54, 1.807) is 0 Å². The van der Waals surface area contributed by atoms with E-state index in [1.165, 1.54) is 0 Å². The van der Waals surface area contributed by atoms with Gasteiger partial charge in [0.1, 0.15) is 5.82 Å². The van der Waals surface area contributed by atoms with Crippen molar-refractivity contribution in [2.24, 2.45) is 10.9 Å². The van der Waals surface area contributed by atoms with Crippen molar-refractivity contribution >= 4 is 11.8 Å². The molecule has 0 bridgehead atoms. The normalized spacial score (nSPS) is 17.3. The molecular formula is C21H37N5O. The molecule has 1 unspecified atom stereocenters. The van der Waals surface area contributed by atoms with E-state index in [9.17, 15) is 0 Å². The quantitative estimate of drug-likeness (QED) is 0.540. The molecule has 1 aliphatic heterocycles. The Kier molecular flexibility index (Phi) is 8.85. The molecule has 0 aliphatic carbocycles. The third-order valence-electron chi connectivity index (χ3n) is 5.10. The summed E-state index contributed by atoms with van der Waals surface area (Å²) in [6, 6.07) is 6.68. The van der Waals surface area contributed by atoms with Crippen LogP contribution in [0.5, 0.6) is 0 Å². The van der Waals surface area contributed by atoms with Crippen LogP contribution in [-0.2, 0) is 4.74 Å². The molecule has 0 radical (unpaired) electrons. The molecule has 2 heterocycles. The average Bonchev–Trinajstić information content (AvgIpc) is 2.66. The summed E-state index contributed by atoms with van der Waals surface area (Å²) >= 11 is 0. The second-order valence-electron chi connectivity index (χ2n) is 7.57. The van der Waals surface area contributed by atoms with E-state index >= 15 is 0 Å². The van der Waals surface area contributed by atoms with Gasteiger partial charge >= 0.3 is 0 Å². The van der Waals surface area contributed by atoms with E-state index in [4.69, 9.17) is 4.74 Å². The third-order valence-corrected chi connectivity index (χ3v) is 5.10. The number of aryl methyl sites for hydroxylation is 1. The minimum Gasteiger partial charge on any atom is -0.378 e. The Labute approximate surface area is 164 Å². The maximum Gasteiger partial charge on any atom is 0.191 e. The predicted octanol–water partition coefficient (Wildman–Crippen LogP) is 2.98. The number of nitrogens with one attached hydrogen (secondary N) is 2. The zero-order chi connectivity index (χ0) is 19.6. The first-order valence-electron chi connectivity index (χ1n) is 10.3. The summed E-state index contributed by atoms with van der Waals surface area (Å²) in [4.78, 5) is 11.4. The van der Waals surface area contributed by atoms with Crippen molar-refractivity contribution in [3.8, 4) is 0 Å². The average molecular weight is 376 g/mol. The zero-order valence-electron chi connectivity index (χ0n) is 17.7. The van der Waals surface area contributed by atoms with Crippen LogP contribution >= 0.6 is 0 Å². The van der Waals surface area contributed by atoms with E-state index < -0.39 is 0 Å². The first kappa shape index (κ1) is 21.5. The molecule has 1 aromatic heterocycles. The lowest BCUT2D eigenvalue weighted by Crippen LogP contribution is -2.49. The van der Waals surface area contributed by atoms with Crippen LogP contribution in [0.25, 0.3) is 0 Å². The number of pyridine rings is 1. The first-order chi connectivity index (χ1) is 13.0. The summed E-state index contributed by atoms with van der Waals surface area (Å²) in [6.07, 6.45) is 3.46. The molecule has 1 fully saturated rings. The number of rotatable bonds is 8. The van der Waals surface area contributed by atoms with Gasteiger partial charge in [-0.25, -0.2) is 4.98 Å². The lowest BCUT2D eigenvalue weighted by molar-refractivity contribution is 0.0258. The smallest absolute Gasteiger partial charge is 0.191 e. The van der Waals surface area contributed by atoms with Crippen molar-refractivity contribution in [1.82, 2.24) is 15.6 Å². The lowest BCUT2D eigenvalue weighted by atomic mass is 10.0. The molecule has 0 spiro atoms. The number of guanidine groups is 1. The number of aliphatic imine (C=N–C) groups is 1. The van der Waals surface area contributed by atoms with Gasteiger partial charge in [0.05, 0.1) is 6.10 Å². The van der Waals surface area contributed by atoms with Gasteiger partial charge in [0.2, 0.25) is 0 Å². The highest BCUT2D eigenvalue weighted by atomic mass is 16.5. The van der Waals surface area contributed by atoms with Gasteiger partial charge in [-0.2, -0.15) is 0 Å². The van der Waals surface area contributed by atoms with E-state index in [1.807, 2.05) is 20.0 Å². The number of ether oxygens (including phenoxy) is 1. The number of anilines is 1. The Bertz CT molecular complexity index is 582. The predicted molar refractivity (Wildman–Crippen MR) is 114 cm³/mol. The van der Waals surface area contributed by atoms with E-state index in [0.29, 0.717) is 18.1 Å². The molecule has 1 atom stereocenters. The molecule has 0 aromatic carbocycles. The standard InChI is InChI=1S/C21H37N5O/c1-6-27-19(16(2)3)10-13-23-21(22-5)25-18-11-14-26(15-12-18)20-9-7-8-17(4)24-20/h7-9,16,18-19H,6,10-15H2,1-5H3,(H2,22,23,25). The fourth-order valence-electron chi connectivity index (χ4n) is 3.50. The van der Waals surface area contributed by atoms with Crippen LogP contribution in [0.15, 0.2) is 23.2 Å². The molecule has 1 aliphatic rings. The fourth-order valence-corrected chi connectivity index (χ4v) is 3.50. The maximum absolute atomic E-state index is 5.82. The molecule has 2 N–H and O–H groups in total. The lowest BCUT2D eigenvalue weighted by Gasteiger charge is -2.34. The Morgan fingerprint density at radius 2 is 2.07 bits per heavy atom. The van der Waals surface area contributed by atoms with Crippen LogP contribution in [0.3, 0.4) is 0 Å². The van der Waals surface area contributed by atoms with Gasteiger partial charge in [-0.1, -0.05) is 19.9 Å². The zero-order valence-corrected chi connectivity index (χ0v) is 17.7. The van der Waals surface area contributed by atoms with Gasteiger partial charge in [-0.3, -0.25) is 4.99 Å². The van der Waals surface area contributed by atoms with Gasteiger partial charge in [-0.05, 0) is 51.2 Å². The van der Waals surface area contributed by atoms with Crippen molar-refractivity contribution in [2.75, 3.05) is 38.2 Å². The molecule has 1 saturated heterocycles. The van der Waals surface area contributed by atoms with Crippen molar-refractivity contribution in [3.63, 3.8) is 0 Å². The summed E-state index contributed by atoms with van der Waals surface area (Å²) in [7, 11) is 1.84. The molecule has 0 saturated carbocycles. The molecule has 152 valence electrons. The summed E-state index contributed by atoms with van der Waals surface area (Å²) in [5, 5.41) is 7.02. The van der Waals surface area contributed by atoms with Crippen LogP contribution in [0.4, 0.5) is 5.82 Å². The number of piperidine rings is 1. The third kappa shape index (κ3) is 7.01. The molecule has 1 aromatic rings. The highest BCUT2D eigenvalue weighted by Crippen LogP contribution is 2.18. The Balaban J connectivity index is 1.74. The van der Waals surface area contributed by atoms with Crippen LogP contribution < -0.4 is 15.5 Å². The molecule has 27 heavy (non-hydrogen) atoms. The SMILES string of the molecule is CCOC(CCNC(=NC)NC1CCN(c2cccc(C)n2)CC1)C(C)C. The molecule has 0 amide bonds. The summed E-state index contributed by atoms with van der Waals surface area (Å²) in [5.74, 6) is 2.51. The molecule has 2 rings (SSSR count). The number of nitrogens with zero attached hydrogens (tertiary/aromatic N) is 3. The summed E-state index contributed by atoms with van der Waals surface area (Å²) in [5.41, 5.74) is 1.07. The van der Waals surface area contributed by atoms with Gasteiger partial charge < -0.3 is 20.3 Å². The number of hydrogen-bond donors (Lipinski definition) is 2. The van der Waals surface area contributed by atoms with Crippen molar-refractivity contribution < 1.29 is 4.74 Å². The Hall–Kier alpha value is -1.82. The minimum absolute atomic E-state index is 0.297. The van der Waals surface area contributed by atoms with Crippen LogP contribution in [0.1, 0.15) is 45.7 Å². The van der Waals surface area contributed by atoms with E-state index in [-0.39, 0.29) is 0 Å².